The lowest BCUT2D eigenvalue weighted by atomic mass is 9.95. The molecule has 1 aromatic carbocycles. The smallest absolute Gasteiger partial charge is 0.262 e. The zero-order valence-electron chi connectivity index (χ0n) is 19.7. The van der Waals surface area contributed by atoms with Crippen LogP contribution in [0, 0.1) is 17.7 Å². The number of hydrogen-bond donors (Lipinski definition) is 1. The molecule has 1 amide bonds. The number of carbonyl (C=O) groups is 1. The second-order valence-corrected chi connectivity index (χ2v) is 11.2. The van der Waals surface area contributed by atoms with E-state index in [1.54, 1.807) is 10.8 Å². The first kappa shape index (κ1) is 24.8. The molecular formula is C24H34FN5O3S. The molecule has 1 N–H and O–H groups in total. The van der Waals surface area contributed by atoms with Crippen molar-refractivity contribution in [3.63, 3.8) is 0 Å². The number of amides is 1. The fourth-order valence-electron chi connectivity index (χ4n) is 4.74. The van der Waals surface area contributed by atoms with Gasteiger partial charge in [0, 0.05) is 38.9 Å². The number of piperidine rings is 2. The second kappa shape index (κ2) is 11.0. The van der Waals surface area contributed by atoms with Crippen LogP contribution in [0.4, 0.5) is 4.39 Å². The summed E-state index contributed by atoms with van der Waals surface area (Å²) in [6.07, 6.45) is 6.40. The summed E-state index contributed by atoms with van der Waals surface area (Å²) in [6.45, 7) is 6.50. The SMILES string of the molecule is CCn1cnc(S(=O)(=O)N2CCC[C@H](C(=O)NCC3CCN(Cc4ccc(F)cc4)CC3)C2)c1. The number of hydrogen-bond acceptors (Lipinski definition) is 5. The third kappa shape index (κ3) is 6.03. The number of likely N-dealkylation sites (tertiary alicyclic amines) is 1. The lowest BCUT2D eigenvalue weighted by Gasteiger charge is -2.33. The minimum atomic E-state index is -3.69. The number of halogens is 1. The Bertz CT molecular complexity index is 1060. The van der Waals surface area contributed by atoms with Gasteiger partial charge in [0.25, 0.3) is 10.0 Å². The molecule has 0 spiro atoms. The van der Waals surface area contributed by atoms with Crippen molar-refractivity contribution >= 4 is 15.9 Å². The van der Waals surface area contributed by atoms with Crippen molar-refractivity contribution in [1.29, 1.82) is 0 Å². The molecule has 3 heterocycles. The van der Waals surface area contributed by atoms with Crippen LogP contribution in [0.1, 0.15) is 38.2 Å². The lowest BCUT2D eigenvalue weighted by molar-refractivity contribution is -0.126. The van der Waals surface area contributed by atoms with Crippen molar-refractivity contribution in [2.45, 2.75) is 50.7 Å². The third-order valence-electron chi connectivity index (χ3n) is 6.93. The summed E-state index contributed by atoms with van der Waals surface area (Å²) in [5, 5.41) is 3.12. The summed E-state index contributed by atoms with van der Waals surface area (Å²) in [5.41, 5.74) is 1.10. The highest BCUT2D eigenvalue weighted by Crippen LogP contribution is 2.24. The standard InChI is InChI=1S/C24H34FN5O3S/c1-2-28-17-23(27-18-28)34(32,33)30-11-3-4-21(16-30)24(31)26-14-19-9-12-29(13-10-19)15-20-5-7-22(25)8-6-20/h5-8,17-19,21H,2-4,9-16H2,1H3,(H,26,31)/t21-/m0/s1. The fourth-order valence-corrected chi connectivity index (χ4v) is 6.20. The largest absolute Gasteiger partial charge is 0.356 e. The molecule has 34 heavy (non-hydrogen) atoms. The fraction of sp³-hybridized carbons (Fsp3) is 0.583. The maximum absolute atomic E-state index is 13.1. The molecule has 4 rings (SSSR count). The molecule has 2 saturated heterocycles. The van der Waals surface area contributed by atoms with Crippen LogP contribution in [0.15, 0.2) is 41.8 Å². The van der Waals surface area contributed by atoms with Crippen molar-refractivity contribution in [2.24, 2.45) is 11.8 Å². The number of imidazole rings is 1. The Balaban J connectivity index is 1.23. The number of nitrogens with one attached hydrogen (secondary N) is 1. The van der Waals surface area contributed by atoms with E-state index in [0.29, 0.717) is 38.4 Å². The molecule has 10 heteroatoms. The molecule has 2 aliphatic heterocycles. The summed E-state index contributed by atoms with van der Waals surface area (Å²) in [7, 11) is -3.69. The van der Waals surface area contributed by atoms with Crippen molar-refractivity contribution in [2.75, 3.05) is 32.7 Å². The van der Waals surface area contributed by atoms with Crippen molar-refractivity contribution in [1.82, 2.24) is 24.1 Å². The van der Waals surface area contributed by atoms with E-state index in [-0.39, 0.29) is 29.2 Å². The predicted molar refractivity (Wildman–Crippen MR) is 127 cm³/mol. The van der Waals surface area contributed by atoms with E-state index >= 15 is 0 Å². The van der Waals surface area contributed by atoms with Gasteiger partial charge >= 0.3 is 0 Å². The Morgan fingerprint density at radius 2 is 1.88 bits per heavy atom. The van der Waals surface area contributed by atoms with Crippen LogP contribution in [0.25, 0.3) is 0 Å². The number of rotatable bonds is 8. The van der Waals surface area contributed by atoms with Gasteiger partial charge in [0.2, 0.25) is 5.91 Å². The molecule has 0 radical (unpaired) electrons. The number of aromatic nitrogens is 2. The number of aryl methyl sites for hydroxylation is 1. The van der Waals surface area contributed by atoms with Crippen molar-refractivity contribution < 1.29 is 17.6 Å². The van der Waals surface area contributed by atoms with Gasteiger partial charge in [-0.1, -0.05) is 12.1 Å². The van der Waals surface area contributed by atoms with Crippen molar-refractivity contribution in [3.05, 3.63) is 48.2 Å². The second-order valence-electron chi connectivity index (χ2n) is 9.34. The summed E-state index contributed by atoms with van der Waals surface area (Å²) >= 11 is 0. The van der Waals surface area contributed by atoms with Crippen molar-refractivity contribution in [3.8, 4) is 0 Å². The zero-order valence-corrected chi connectivity index (χ0v) is 20.5. The molecule has 2 aromatic rings. The molecule has 1 aromatic heterocycles. The topological polar surface area (TPSA) is 87.5 Å². The lowest BCUT2D eigenvalue weighted by Crippen LogP contribution is -2.46. The molecule has 0 aliphatic carbocycles. The summed E-state index contributed by atoms with van der Waals surface area (Å²) in [5.74, 6) is -0.206. The Morgan fingerprint density at radius 3 is 2.56 bits per heavy atom. The van der Waals surface area contributed by atoms with E-state index in [1.807, 2.05) is 19.1 Å². The first-order valence-electron chi connectivity index (χ1n) is 12.1. The van der Waals surface area contributed by atoms with Gasteiger partial charge in [-0.05, 0) is 69.3 Å². The quantitative estimate of drug-likeness (QED) is 0.613. The Hall–Kier alpha value is -2.30. The molecular weight excluding hydrogens is 457 g/mol. The molecule has 0 bridgehead atoms. The first-order chi connectivity index (χ1) is 16.3. The van der Waals surface area contributed by atoms with Gasteiger partial charge in [-0.25, -0.2) is 17.8 Å². The van der Waals surface area contributed by atoms with Gasteiger partial charge in [-0.3, -0.25) is 9.69 Å². The molecule has 1 atom stereocenters. The van der Waals surface area contributed by atoms with E-state index in [4.69, 9.17) is 0 Å². The maximum Gasteiger partial charge on any atom is 0.262 e. The minimum Gasteiger partial charge on any atom is -0.356 e. The van der Waals surface area contributed by atoms with Crippen LogP contribution in [0.2, 0.25) is 0 Å². The average molecular weight is 492 g/mol. The Morgan fingerprint density at radius 1 is 1.15 bits per heavy atom. The van der Waals surface area contributed by atoms with Gasteiger partial charge in [-0.2, -0.15) is 4.31 Å². The first-order valence-corrected chi connectivity index (χ1v) is 13.6. The Kier molecular flexibility index (Phi) is 8.00. The highest BCUT2D eigenvalue weighted by molar-refractivity contribution is 7.89. The summed E-state index contributed by atoms with van der Waals surface area (Å²) in [6, 6.07) is 6.63. The average Bonchev–Trinajstić information content (AvgIpc) is 3.35. The van der Waals surface area contributed by atoms with E-state index < -0.39 is 10.0 Å². The van der Waals surface area contributed by atoms with Gasteiger partial charge in [0.1, 0.15) is 5.82 Å². The highest BCUT2D eigenvalue weighted by atomic mass is 32.2. The third-order valence-corrected chi connectivity index (χ3v) is 8.68. The molecule has 0 unspecified atom stereocenters. The number of carbonyl (C=O) groups excluding carboxylic acids is 1. The summed E-state index contributed by atoms with van der Waals surface area (Å²) < 4.78 is 42.1. The molecule has 186 valence electrons. The number of sulfonamides is 1. The highest BCUT2D eigenvalue weighted by Gasteiger charge is 2.34. The minimum absolute atomic E-state index is 0.0443. The van der Waals surface area contributed by atoms with E-state index in [2.05, 4.69) is 15.2 Å². The van der Waals surface area contributed by atoms with Gasteiger partial charge in [-0.15, -0.1) is 0 Å². The normalized spacial score (nSPS) is 20.9. The van der Waals surface area contributed by atoms with Crippen LogP contribution in [0.3, 0.4) is 0 Å². The van der Waals surface area contributed by atoms with Crippen LogP contribution in [-0.4, -0.2) is 65.8 Å². The van der Waals surface area contributed by atoms with Gasteiger partial charge in [0.15, 0.2) is 5.03 Å². The number of nitrogens with zero attached hydrogens (tertiary/aromatic N) is 4. The molecule has 8 nitrogen and oxygen atoms in total. The molecule has 0 saturated carbocycles. The number of benzene rings is 1. The van der Waals surface area contributed by atoms with Gasteiger partial charge < -0.3 is 9.88 Å². The molecule has 2 fully saturated rings. The van der Waals surface area contributed by atoms with Crippen LogP contribution in [0.5, 0.6) is 0 Å². The molecule has 2 aliphatic rings. The van der Waals surface area contributed by atoms with Crippen LogP contribution < -0.4 is 5.32 Å². The monoisotopic (exact) mass is 491 g/mol. The van der Waals surface area contributed by atoms with E-state index in [1.165, 1.54) is 22.8 Å². The van der Waals surface area contributed by atoms with Gasteiger partial charge in [0.05, 0.1) is 12.2 Å². The van der Waals surface area contributed by atoms with Crippen LogP contribution >= 0.6 is 0 Å². The maximum atomic E-state index is 13.1. The van der Waals surface area contributed by atoms with E-state index in [9.17, 15) is 17.6 Å². The summed E-state index contributed by atoms with van der Waals surface area (Å²) in [4.78, 5) is 19.2. The Labute approximate surface area is 201 Å². The zero-order chi connectivity index (χ0) is 24.1. The van der Waals surface area contributed by atoms with Crippen LogP contribution in [-0.2, 0) is 27.9 Å². The van der Waals surface area contributed by atoms with E-state index in [0.717, 1.165) is 38.0 Å². The predicted octanol–water partition coefficient (Wildman–Crippen LogP) is 2.47.